The average Bonchev–Trinajstić information content (AvgIpc) is 2.18. The van der Waals surface area contributed by atoms with E-state index in [-0.39, 0.29) is 18.1 Å². The predicted molar refractivity (Wildman–Crippen MR) is 52.1 cm³/mol. The highest BCUT2D eigenvalue weighted by molar-refractivity contribution is 6.34. The number of ketones is 1. The Balaban J connectivity index is 4.54. The highest BCUT2D eigenvalue weighted by atomic mass is 35.5. The summed E-state index contributed by atoms with van der Waals surface area (Å²) in [7, 11) is 0. The van der Waals surface area contributed by atoms with Crippen LogP contribution >= 0.6 is 11.6 Å². The van der Waals surface area contributed by atoms with E-state index in [1.54, 1.807) is 13.8 Å². The molecule has 0 aromatic heterocycles. The summed E-state index contributed by atoms with van der Waals surface area (Å²) in [5, 5.41) is 0. The van der Waals surface area contributed by atoms with Gasteiger partial charge in [-0.3, -0.25) is 4.79 Å². The number of rotatable bonds is 6. The van der Waals surface area contributed by atoms with E-state index in [0.29, 0.717) is 6.61 Å². The van der Waals surface area contributed by atoms with Crippen LogP contribution in [0.4, 0.5) is 0 Å². The number of alkyl halides is 1. The molecule has 0 fully saturated rings. The van der Waals surface area contributed by atoms with Crippen LogP contribution in [0.1, 0.15) is 13.8 Å². The molecule has 0 spiro atoms. The SMILES string of the molecule is CCO/C=C(\C(=O)CCl)C(=O)OCC. The molecule has 0 bridgehead atoms. The highest BCUT2D eigenvalue weighted by Gasteiger charge is 2.18. The Kier molecular flexibility index (Phi) is 6.84. The fraction of sp³-hybridized carbons (Fsp3) is 0.556. The number of carbonyl (C=O) groups excluding carboxylic acids is 2. The number of halogens is 1. The molecular formula is C9H13ClO4. The zero-order valence-electron chi connectivity index (χ0n) is 8.21. The summed E-state index contributed by atoms with van der Waals surface area (Å²) >= 11 is 5.32. The summed E-state index contributed by atoms with van der Waals surface area (Å²) in [5.41, 5.74) is -0.149. The van der Waals surface area contributed by atoms with Crippen molar-refractivity contribution in [3.63, 3.8) is 0 Å². The van der Waals surface area contributed by atoms with Gasteiger partial charge in [-0.1, -0.05) is 0 Å². The van der Waals surface area contributed by atoms with Gasteiger partial charge in [0.05, 0.1) is 19.1 Å². The molecule has 14 heavy (non-hydrogen) atoms. The third-order valence-corrected chi connectivity index (χ3v) is 1.53. The maximum Gasteiger partial charge on any atom is 0.344 e. The lowest BCUT2D eigenvalue weighted by Gasteiger charge is -2.04. The van der Waals surface area contributed by atoms with Crippen LogP contribution in [0, 0.1) is 0 Å². The van der Waals surface area contributed by atoms with Crippen molar-refractivity contribution in [2.45, 2.75) is 13.8 Å². The molecule has 0 amide bonds. The summed E-state index contributed by atoms with van der Waals surface area (Å²) in [4.78, 5) is 22.4. The van der Waals surface area contributed by atoms with Crippen molar-refractivity contribution in [1.82, 2.24) is 0 Å². The fourth-order valence-corrected chi connectivity index (χ4v) is 0.819. The van der Waals surface area contributed by atoms with Crippen molar-refractivity contribution in [2.24, 2.45) is 0 Å². The van der Waals surface area contributed by atoms with Gasteiger partial charge in [0.2, 0.25) is 0 Å². The maximum atomic E-state index is 11.2. The molecule has 80 valence electrons. The van der Waals surface area contributed by atoms with E-state index in [1.807, 2.05) is 0 Å². The summed E-state index contributed by atoms with van der Waals surface area (Å²) < 4.78 is 9.50. The van der Waals surface area contributed by atoms with E-state index >= 15 is 0 Å². The summed E-state index contributed by atoms with van der Waals surface area (Å²) in [5.74, 6) is -1.47. The topological polar surface area (TPSA) is 52.6 Å². The summed E-state index contributed by atoms with van der Waals surface area (Å²) in [6, 6.07) is 0. The second-order valence-electron chi connectivity index (χ2n) is 2.26. The molecule has 0 atom stereocenters. The first kappa shape index (κ1) is 13.0. The first-order valence-electron chi connectivity index (χ1n) is 4.25. The van der Waals surface area contributed by atoms with Gasteiger partial charge in [0.15, 0.2) is 5.78 Å². The lowest BCUT2D eigenvalue weighted by Crippen LogP contribution is -2.17. The number of carbonyl (C=O) groups is 2. The fourth-order valence-electron chi connectivity index (χ4n) is 0.675. The van der Waals surface area contributed by atoms with Crippen LogP contribution in [0.25, 0.3) is 0 Å². The van der Waals surface area contributed by atoms with Crippen molar-refractivity contribution in [3.8, 4) is 0 Å². The van der Waals surface area contributed by atoms with Crippen LogP contribution in [0.5, 0.6) is 0 Å². The number of ether oxygens (including phenoxy) is 2. The van der Waals surface area contributed by atoms with Gasteiger partial charge >= 0.3 is 5.97 Å². The van der Waals surface area contributed by atoms with E-state index in [2.05, 4.69) is 4.74 Å². The Hall–Kier alpha value is -1.03. The average molecular weight is 221 g/mol. The molecule has 0 unspecified atom stereocenters. The minimum atomic E-state index is -0.702. The van der Waals surface area contributed by atoms with E-state index in [1.165, 1.54) is 0 Å². The largest absolute Gasteiger partial charge is 0.500 e. The molecule has 0 rings (SSSR count). The lowest BCUT2D eigenvalue weighted by atomic mass is 10.2. The molecule has 0 aliphatic carbocycles. The van der Waals surface area contributed by atoms with Crippen LogP contribution in [0.2, 0.25) is 0 Å². The maximum absolute atomic E-state index is 11.2. The number of esters is 1. The second-order valence-corrected chi connectivity index (χ2v) is 2.53. The Morgan fingerprint density at radius 1 is 1.29 bits per heavy atom. The van der Waals surface area contributed by atoms with Gasteiger partial charge in [-0.15, -0.1) is 11.6 Å². The van der Waals surface area contributed by atoms with E-state index < -0.39 is 11.8 Å². The van der Waals surface area contributed by atoms with Crippen LogP contribution in [0.15, 0.2) is 11.8 Å². The Morgan fingerprint density at radius 2 is 1.93 bits per heavy atom. The van der Waals surface area contributed by atoms with Gasteiger partial charge in [0.25, 0.3) is 0 Å². The monoisotopic (exact) mass is 220 g/mol. The van der Waals surface area contributed by atoms with Crippen molar-refractivity contribution in [2.75, 3.05) is 19.1 Å². The minimum absolute atomic E-state index is 0.149. The number of Topliss-reactive ketones (excluding diaryl/α,β-unsaturated/α-hetero) is 1. The summed E-state index contributed by atoms with van der Waals surface area (Å²) in [6.45, 7) is 3.97. The zero-order chi connectivity index (χ0) is 11.0. The van der Waals surface area contributed by atoms with E-state index in [9.17, 15) is 9.59 Å². The van der Waals surface area contributed by atoms with Crippen molar-refractivity contribution in [3.05, 3.63) is 11.8 Å². The molecule has 0 aliphatic rings. The molecule has 0 aromatic carbocycles. The van der Waals surface area contributed by atoms with Crippen LogP contribution < -0.4 is 0 Å². The molecule has 0 aromatic rings. The standard InChI is InChI=1S/C9H13ClO4/c1-3-13-6-7(8(11)5-10)9(12)14-4-2/h6H,3-5H2,1-2H3/b7-6+. The molecule has 4 nitrogen and oxygen atoms in total. The highest BCUT2D eigenvalue weighted by Crippen LogP contribution is 2.02. The quantitative estimate of drug-likeness (QED) is 0.169. The molecule has 0 saturated carbocycles. The Bertz CT molecular complexity index is 235. The molecule has 0 N–H and O–H groups in total. The lowest BCUT2D eigenvalue weighted by molar-refractivity contribution is -0.140. The molecule has 5 heteroatoms. The normalized spacial score (nSPS) is 10.9. The number of hydrogen-bond donors (Lipinski definition) is 0. The van der Waals surface area contributed by atoms with E-state index in [4.69, 9.17) is 16.3 Å². The number of hydrogen-bond acceptors (Lipinski definition) is 4. The molecule has 0 saturated heterocycles. The van der Waals surface area contributed by atoms with Crippen molar-refractivity contribution < 1.29 is 19.1 Å². The minimum Gasteiger partial charge on any atom is -0.500 e. The Morgan fingerprint density at radius 3 is 2.36 bits per heavy atom. The van der Waals surface area contributed by atoms with Gasteiger partial charge < -0.3 is 9.47 Å². The zero-order valence-corrected chi connectivity index (χ0v) is 8.97. The first-order chi connectivity index (χ1) is 6.67. The van der Waals surface area contributed by atoms with Gasteiger partial charge in [0, 0.05) is 0 Å². The van der Waals surface area contributed by atoms with Crippen LogP contribution in [-0.4, -0.2) is 30.8 Å². The van der Waals surface area contributed by atoms with Gasteiger partial charge in [-0.25, -0.2) is 4.79 Å². The molecule has 0 radical (unpaired) electrons. The molecule has 0 aliphatic heterocycles. The second kappa shape index (κ2) is 7.38. The van der Waals surface area contributed by atoms with Gasteiger partial charge in [0.1, 0.15) is 11.8 Å². The van der Waals surface area contributed by atoms with Gasteiger partial charge in [-0.2, -0.15) is 0 Å². The summed E-state index contributed by atoms with van der Waals surface area (Å²) in [6.07, 6.45) is 1.09. The van der Waals surface area contributed by atoms with Gasteiger partial charge in [-0.05, 0) is 13.8 Å². The first-order valence-corrected chi connectivity index (χ1v) is 4.78. The van der Waals surface area contributed by atoms with Crippen LogP contribution in [-0.2, 0) is 19.1 Å². The smallest absolute Gasteiger partial charge is 0.344 e. The van der Waals surface area contributed by atoms with Crippen molar-refractivity contribution >= 4 is 23.4 Å². The predicted octanol–water partition coefficient (Wildman–Crippen LogP) is 1.28. The van der Waals surface area contributed by atoms with Crippen LogP contribution in [0.3, 0.4) is 0 Å². The molecule has 0 heterocycles. The van der Waals surface area contributed by atoms with Crippen molar-refractivity contribution in [1.29, 1.82) is 0 Å². The molecular weight excluding hydrogens is 208 g/mol. The van der Waals surface area contributed by atoms with E-state index in [0.717, 1.165) is 6.26 Å². The third kappa shape index (κ3) is 4.28. The Labute approximate surface area is 87.8 Å². The third-order valence-electron chi connectivity index (χ3n) is 1.28.